The maximum atomic E-state index is 6.44. The molecular formula is C13H18ClN3. The van der Waals surface area contributed by atoms with Crippen molar-refractivity contribution in [1.82, 2.24) is 9.78 Å². The van der Waals surface area contributed by atoms with Gasteiger partial charge in [0.25, 0.3) is 0 Å². The van der Waals surface area contributed by atoms with Crippen LogP contribution in [0.25, 0.3) is 0 Å². The summed E-state index contributed by atoms with van der Waals surface area (Å²) in [6.45, 7) is 0. The van der Waals surface area contributed by atoms with E-state index in [1.807, 2.05) is 11.7 Å². The molecule has 2 bridgehead atoms. The zero-order chi connectivity index (χ0) is 11.7. The summed E-state index contributed by atoms with van der Waals surface area (Å²) >= 11 is 6.19. The van der Waals surface area contributed by atoms with Crippen LogP contribution in [0.3, 0.4) is 0 Å². The number of aromatic nitrogens is 2. The Morgan fingerprint density at radius 2 is 2.06 bits per heavy atom. The summed E-state index contributed by atoms with van der Waals surface area (Å²) in [7, 11) is 1.94. The van der Waals surface area contributed by atoms with E-state index in [0.717, 1.165) is 34.4 Å². The molecular weight excluding hydrogens is 234 g/mol. The van der Waals surface area contributed by atoms with Gasteiger partial charge in [-0.1, -0.05) is 11.6 Å². The molecule has 3 aliphatic carbocycles. The van der Waals surface area contributed by atoms with E-state index in [0.29, 0.717) is 5.92 Å². The molecule has 0 spiro atoms. The van der Waals surface area contributed by atoms with E-state index in [-0.39, 0.29) is 6.04 Å². The number of aryl methyl sites for hydroxylation is 1. The highest BCUT2D eigenvalue weighted by atomic mass is 35.5. The predicted octanol–water partition coefficient (Wildman–Crippen LogP) is 2.37. The van der Waals surface area contributed by atoms with E-state index in [2.05, 4.69) is 5.10 Å². The van der Waals surface area contributed by atoms with Crippen molar-refractivity contribution in [2.45, 2.75) is 25.3 Å². The van der Waals surface area contributed by atoms with Crippen LogP contribution in [0.2, 0.25) is 5.02 Å². The molecule has 5 atom stereocenters. The average molecular weight is 252 g/mol. The molecule has 2 N–H and O–H groups in total. The second-order valence-corrected chi connectivity index (χ2v) is 6.50. The number of fused-ring (bicyclic) bond motifs is 5. The van der Waals surface area contributed by atoms with Crippen LogP contribution in [0, 0.1) is 29.6 Å². The van der Waals surface area contributed by atoms with Crippen molar-refractivity contribution < 1.29 is 0 Å². The van der Waals surface area contributed by atoms with Gasteiger partial charge in [0, 0.05) is 7.05 Å². The molecule has 0 aliphatic heterocycles. The zero-order valence-electron chi connectivity index (χ0n) is 10.0. The topological polar surface area (TPSA) is 43.8 Å². The molecule has 17 heavy (non-hydrogen) atoms. The van der Waals surface area contributed by atoms with Crippen LogP contribution < -0.4 is 5.73 Å². The molecule has 0 radical (unpaired) electrons. The molecule has 0 aromatic carbocycles. The van der Waals surface area contributed by atoms with Gasteiger partial charge in [-0.25, -0.2) is 0 Å². The van der Waals surface area contributed by atoms with Crippen molar-refractivity contribution in [1.29, 1.82) is 0 Å². The van der Waals surface area contributed by atoms with Crippen molar-refractivity contribution in [2.75, 3.05) is 0 Å². The first kappa shape index (κ1) is 10.4. The van der Waals surface area contributed by atoms with E-state index in [9.17, 15) is 0 Å². The number of halogens is 1. The molecule has 3 saturated carbocycles. The number of nitrogens with two attached hydrogens (primary N) is 1. The third-order valence-electron chi connectivity index (χ3n) is 5.46. The zero-order valence-corrected chi connectivity index (χ0v) is 10.8. The smallest absolute Gasteiger partial charge is 0.0834 e. The molecule has 4 heteroatoms. The summed E-state index contributed by atoms with van der Waals surface area (Å²) in [6, 6.07) is 0.0911. The van der Waals surface area contributed by atoms with E-state index in [1.165, 1.54) is 19.3 Å². The normalized spacial score (nSPS) is 43.8. The van der Waals surface area contributed by atoms with Gasteiger partial charge in [-0.05, 0) is 48.9 Å². The molecule has 3 aliphatic rings. The summed E-state index contributed by atoms with van der Waals surface area (Å²) in [4.78, 5) is 0. The summed E-state index contributed by atoms with van der Waals surface area (Å²) in [5.41, 5.74) is 7.48. The summed E-state index contributed by atoms with van der Waals surface area (Å²) < 4.78 is 1.85. The van der Waals surface area contributed by atoms with Crippen LogP contribution in [0.5, 0.6) is 0 Å². The van der Waals surface area contributed by atoms with Crippen molar-refractivity contribution in [3.8, 4) is 0 Å². The van der Waals surface area contributed by atoms with Gasteiger partial charge in [0.2, 0.25) is 0 Å². The second-order valence-electron chi connectivity index (χ2n) is 6.09. The molecule has 3 fully saturated rings. The lowest BCUT2D eigenvalue weighted by molar-refractivity contribution is 0.406. The minimum atomic E-state index is 0.0911. The van der Waals surface area contributed by atoms with Crippen LogP contribution >= 0.6 is 11.6 Å². The Labute approximate surface area is 106 Å². The Bertz CT molecular complexity index is 434. The highest BCUT2D eigenvalue weighted by Crippen LogP contribution is 2.71. The maximum Gasteiger partial charge on any atom is 0.0834 e. The molecule has 1 heterocycles. The lowest BCUT2D eigenvalue weighted by atomic mass is 9.96. The Morgan fingerprint density at radius 1 is 1.41 bits per heavy atom. The molecule has 1 aromatic heterocycles. The van der Waals surface area contributed by atoms with Gasteiger partial charge < -0.3 is 5.73 Å². The molecule has 1 aromatic rings. The third-order valence-corrected chi connectivity index (χ3v) is 5.75. The fourth-order valence-electron chi connectivity index (χ4n) is 4.85. The highest BCUT2D eigenvalue weighted by molar-refractivity contribution is 6.31. The van der Waals surface area contributed by atoms with Crippen molar-refractivity contribution >= 4 is 11.6 Å². The van der Waals surface area contributed by atoms with Gasteiger partial charge in [0.1, 0.15) is 0 Å². The summed E-state index contributed by atoms with van der Waals surface area (Å²) in [6.07, 6.45) is 6.06. The third kappa shape index (κ3) is 1.24. The van der Waals surface area contributed by atoms with Gasteiger partial charge in [-0.2, -0.15) is 5.10 Å². The Kier molecular flexibility index (Phi) is 2.00. The SMILES string of the molecule is Cn1ncc(Cl)c1C(N)C1C2C3CCC(C3)C21. The van der Waals surface area contributed by atoms with Crippen molar-refractivity contribution in [3.05, 3.63) is 16.9 Å². The quantitative estimate of drug-likeness (QED) is 0.877. The Balaban J connectivity index is 1.62. The fraction of sp³-hybridized carbons (Fsp3) is 0.769. The minimum absolute atomic E-state index is 0.0911. The number of nitrogens with zero attached hydrogens (tertiary/aromatic N) is 2. The lowest BCUT2D eigenvalue weighted by Crippen LogP contribution is -2.20. The first-order valence-electron chi connectivity index (χ1n) is 6.61. The molecule has 0 saturated heterocycles. The Hall–Kier alpha value is -0.540. The van der Waals surface area contributed by atoms with E-state index in [1.54, 1.807) is 6.20 Å². The first-order chi connectivity index (χ1) is 8.18. The summed E-state index contributed by atoms with van der Waals surface area (Å²) in [5.74, 6) is 4.40. The maximum absolute atomic E-state index is 6.44. The number of hydrogen-bond donors (Lipinski definition) is 1. The highest BCUT2D eigenvalue weighted by Gasteiger charge is 2.66. The van der Waals surface area contributed by atoms with Crippen LogP contribution in [-0.2, 0) is 7.05 Å². The Morgan fingerprint density at radius 3 is 2.59 bits per heavy atom. The molecule has 5 unspecified atom stereocenters. The largest absolute Gasteiger partial charge is 0.322 e. The van der Waals surface area contributed by atoms with E-state index < -0.39 is 0 Å². The predicted molar refractivity (Wildman–Crippen MR) is 66.4 cm³/mol. The van der Waals surface area contributed by atoms with Crippen molar-refractivity contribution in [3.63, 3.8) is 0 Å². The fourth-order valence-corrected chi connectivity index (χ4v) is 5.14. The van der Waals surface area contributed by atoms with E-state index in [4.69, 9.17) is 17.3 Å². The standard InChI is InChI=1S/C13H18ClN3/c1-17-13(8(14)5-16-17)12(15)11-9-6-2-3-7(4-6)10(9)11/h5-7,9-12H,2-4,15H2,1H3. The molecule has 3 nitrogen and oxygen atoms in total. The van der Waals surface area contributed by atoms with Crippen LogP contribution in [-0.4, -0.2) is 9.78 Å². The lowest BCUT2D eigenvalue weighted by Gasteiger charge is -2.17. The van der Waals surface area contributed by atoms with Crippen LogP contribution in [0.1, 0.15) is 31.0 Å². The second kappa shape index (κ2) is 3.27. The van der Waals surface area contributed by atoms with Gasteiger partial charge in [0.15, 0.2) is 0 Å². The van der Waals surface area contributed by atoms with Gasteiger partial charge in [-0.3, -0.25) is 4.68 Å². The van der Waals surface area contributed by atoms with Gasteiger partial charge in [-0.15, -0.1) is 0 Å². The number of hydrogen-bond acceptors (Lipinski definition) is 2. The van der Waals surface area contributed by atoms with Crippen LogP contribution in [0.4, 0.5) is 0 Å². The molecule has 92 valence electrons. The van der Waals surface area contributed by atoms with Crippen LogP contribution in [0.15, 0.2) is 6.20 Å². The van der Waals surface area contributed by atoms with Gasteiger partial charge >= 0.3 is 0 Å². The average Bonchev–Trinajstić information content (AvgIpc) is 2.59. The monoisotopic (exact) mass is 251 g/mol. The van der Waals surface area contributed by atoms with Gasteiger partial charge in [0.05, 0.1) is 23.0 Å². The summed E-state index contributed by atoms with van der Waals surface area (Å²) in [5, 5.41) is 4.93. The minimum Gasteiger partial charge on any atom is -0.322 e. The van der Waals surface area contributed by atoms with Crippen molar-refractivity contribution in [2.24, 2.45) is 42.4 Å². The molecule has 0 amide bonds. The number of rotatable bonds is 2. The molecule has 4 rings (SSSR count). The first-order valence-corrected chi connectivity index (χ1v) is 6.99. The van der Waals surface area contributed by atoms with E-state index >= 15 is 0 Å².